The number of rotatable bonds is 6. The molecule has 176 valence electrons. The van der Waals surface area contributed by atoms with Gasteiger partial charge in [-0.2, -0.15) is 0 Å². The number of amides is 2. The fraction of sp³-hybridized carbons (Fsp3) is 0.200. The minimum Gasteiger partial charge on any atom is -0.378 e. The fourth-order valence-corrected chi connectivity index (χ4v) is 4.68. The Morgan fingerprint density at radius 3 is 2.09 bits per heavy atom. The zero-order valence-corrected chi connectivity index (χ0v) is 19.5. The molecule has 3 aromatic carbocycles. The van der Waals surface area contributed by atoms with Gasteiger partial charge in [-0.3, -0.25) is 14.3 Å². The second kappa shape index (κ2) is 10.1. The third kappa shape index (κ3) is 5.27. The molecule has 2 amide bonds. The van der Waals surface area contributed by atoms with Gasteiger partial charge in [0.2, 0.25) is 0 Å². The van der Waals surface area contributed by atoms with Gasteiger partial charge in [0.25, 0.3) is 21.8 Å². The molecule has 1 saturated heterocycles. The fourth-order valence-electron chi connectivity index (χ4n) is 3.60. The molecule has 0 spiro atoms. The molecule has 0 saturated carbocycles. The molecule has 1 aliphatic rings. The number of aryl methyl sites for hydroxylation is 1. The van der Waals surface area contributed by atoms with E-state index in [-0.39, 0.29) is 22.1 Å². The van der Waals surface area contributed by atoms with Gasteiger partial charge in [-0.1, -0.05) is 42.0 Å². The number of ether oxygens (including phenoxy) is 1. The van der Waals surface area contributed by atoms with Crippen LogP contribution < -0.4 is 10.0 Å². The van der Waals surface area contributed by atoms with Crippen LogP contribution >= 0.6 is 0 Å². The van der Waals surface area contributed by atoms with Crippen molar-refractivity contribution in [2.45, 2.75) is 11.8 Å². The molecule has 1 aliphatic heterocycles. The normalized spacial score (nSPS) is 13.9. The quantitative estimate of drug-likeness (QED) is 0.563. The number of nitrogens with one attached hydrogen (secondary N) is 2. The molecule has 2 N–H and O–H groups in total. The smallest absolute Gasteiger partial charge is 0.261 e. The van der Waals surface area contributed by atoms with Crippen LogP contribution in [0.15, 0.2) is 77.7 Å². The Morgan fingerprint density at radius 1 is 0.824 bits per heavy atom. The first kappa shape index (κ1) is 23.5. The first-order valence-electron chi connectivity index (χ1n) is 10.8. The highest BCUT2D eigenvalue weighted by molar-refractivity contribution is 7.92. The number of carbonyl (C=O) groups excluding carboxylic acids is 2. The summed E-state index contributed by atoms with van der Waals surface area (Å²) in [5, 5.41) is 2.77. The highest BCUT2D eigenvalue weighted by Crippen LogP contribution is 2.24. The zero-order chi connectivity index (χ0) is 24.1. The summed E-state index contributed by atoms with van der Waals surface area (Å²) in [4.78, 5) is 27.9. The lowest BCUT2D eigenvalue weighted by molar-refractivity contribution is 0.0303. The SMILES string of the molecule is Cc1ccc(S(=O)(=O)Nc2ccccc2C(=O)Nc2ccccc2C(=O)N2CCOCC2)cc1. The molecule has 0 bridgehead atoms. The van der Waals surface area contributed by atoms with Gasteiger partial charge < -0.3 is 15.0 Å². The lowest BCUT2D eigenvalue weighted by atomic mass is 10.1. The molecule has 0 radical (unpaired) electrons. The van der Waals surface area contributed by atoms with E-state index >= 15 is 0 Å². The summed E-state index contributed by atoms with van der Waals surface area (Å²) in [6.45, 7) is 3.75. The number of carbonyl (C=O) groups is 2. The number of sulfonamides is 1. The predicted molar refractivity (Wildman–Crippen MR) is 130 cm³/mol. The van der Waals surface area contributed by atoms with Crippen molar-refractivity contribution in [1.29, 1.82) is 0 Å². The second-order valence-corrected chi connectivity index (χ2v) is 9.55. The van der Waals surface area contributed by atoms with Crippen LogP contribution in [0.3, 0.4) is 0 Å². The second-order valence-electron chi connectivity index (χ2n) is 7.87. The molecule has 1 heterocycles. The lowest BCUT2D eigenvalue weighted by Crippen LogP contribution is -2.41. The summed E-state index contributed by atoms with van der Waals surface area (Å²) >= 11 is 0. The monoisotopic (exact) mass is 479 g/mol. The van der Waals surface area contributed by atoms with Crippen LogP contribution in [-0.4, -0.2) is 51.4 Å². The number of morpholine rings is 1. The molecular weight excluding hydrogens is 454 g/mol. The minimum absolute atomic E-state index is 0.0924. The zero-order valence-electron chi connectivity index (χ0n) is 18.7. The Morgan fingerprint density at radius 2 is 1.41 bits per heavy atom. The van der Waals surface area contributed by atoms with Gasteiger partial charge in [0.05, 0.1) is 40.6 Å². The summed E-state index contributed by atoms with van der Waals surface area (Å²) in [6, 6.07) is 19.5. The first-order valence-corrected chi connectivity index (χ1v) is 12.3. The number of hydrogen-bond acceptors (Lipinski definition) is 5. The van der Waals surface area contributed by atoms with Crippen LogP contribution in [0.2, 0.25) is 0 Å². The number of nitrogens with zero attached hydrogens (tertiary/aromatic N) is 1. The van der Waals surface area contributed by atoms with E-state index in [1.807, 2.05) is 6.92 Å². The van der Waals surface area contributed by atoms with Crippen molar-refractivity contribution in [3.05, 3.63) is 89.5 Å². The Balaban J connectivity index is 1.57. The van der Waals surface area contributed by atoms with Gasteiger partial charge in [0, 0.05) is 13.1 Å². The molecule has 3 aromatic rings. The Kier molecular flexibility index (Phi) is 6.95. The van der Waals surface area contributed by atoms with Crippen molar-refractivity contribution in [2.24, 2.45) is 0 Å². The number of para-hydroxylation sites is 2. The summed E-state index contributed by atoms with van der Waals surface area (Å²) in [5.41, 5.74) is 1.91. The number of hydrogen-bond donors (Lipinski definition) is 2. The maximum Gasteiger partial charge on any atom is 0.261 e. The Labute approximate surface area is 198 Å². The van der Waals surface area contributed by atoms with Gasteiger partial charge >= 0.3 is 0 Å². The van der Waals surface area contributed by atoms with Crippen LogP contribution in [0, 0.1) is 6.92 Å². The van der Waals surface area contributed by atoms with Crippen molar-refractivity contribution < 1.29 is 22.7 Å². The van der Waals surface area contributed by atoms with Crippen LogP contribution in [-0.2, 0) is 14.8 Å². The van der Waals surface area contributed by atoms with Gasteiger partial charge in [0.15, 0.2) is 0 Å². The molecule has 0 unspecified atom stereocenters. The molecule has 0 aliphatic carbocycles. The minimum atomic E-state index is -3.90. The van der Waals surface area contributed by atoms with E-state index in [4.69, 9.17) is 4.74 Å². The van der Waals surface area contributed by atoms with Crippen molar-refractivity contribution in [2.75, 3.05) is 36.3 Å². The molecule has 0 atom stereocenters. The van der Waals surface area contributed by atoms with E-state index in [9.17, 15) is 18.0 Å². The van der Waals surface area contributed by atoms with Gasteiger partial charge in [-0.05, 0) is 43.3 Å². The maximum atomic E-state index is 13.2. The van der Waals surface area contributed by atoms with Crippen molar-refractivity contribution in [1.82, 2.24) is 4.90 Å². The number of anilines is 2. The van der Waals surface area contributed by atoms with Crippen LogP contribution in [0.1, 0.15) is 26.3 Å². The first-order chi connectivity index (χ1) is 16.3. The molecule has 8 nitrogen and oxygen atoms in total. The average Bonchev–Trinajstić information content (AvgIpc) is 2.85. The van der Waals surface area contributed by atoms with Crippen molar-refractivity contribution >= 4 is 33.2 Å². The molecule has 4 rings (SSSR count). The van der Waals surface area contributed by atoms with E-state index in [1.165, 1.54) is 24.3 Å². The van der Waals surface area contributed by atoms with E-state index in [0.29, 0.717) is 37.6 Å². The maximum absolute atomic E-state index is 13.2. The van der Waals surface area contributed by atoms with Crippen LogP contribution in [0.4, 0.5) is 11.4 Å². The molecular formula is C25H25N3O5S. The van der Waals surface area contributed by atoms with Gasteiger partial charge in [0.1, 0.15) is 0 Å². The Bertz CT molecular complexity index is 1300. The average molecular weight is 480 g/mol. The third-order valence-electron chi connectivity index (χ3n) is 5.45. The number of benzene rings is 3. The van der Waals surface area contributed by atoms with Gasteiger partial charge in [-0.15, -0.1) is 0 Å². The topological polar surface area (TPSA) is 105 Å². The molecule has 1 fully saturated rings. The van der Waals surface area contributed by atoms with Crippen molar-refractivity contribution in [3.8, 4) is 0 Å². The molecule has 34 heavy (non-hydrogen) atoms. The summed E-state index contributed by atoms with van der Waals surface area (Å²) < 4.78 is 33.5. The van der Waals surface area contributed by atoms with Gasteiger partial charge in [-0.25, -0.2) is 8.42 Å². The summed E-state index contributed by atoms with van der Waals surface area (Å²) in [6.07, 6.45) is 0. The van der Waals surface area contributed by atoms with Crippen molar-refractivity contribution in [3.63, 3.8) is 0 Å². The van der Waals surface area contributed by atoms with E-state index in [1.54, 1.807) is 53.4 Å². The highest BCUT2D eigenvalue weighted by atomic mass is 32.2. The molecule has 9 heteroatoms. The summed E-state index contributed by atoms with van der Waals surface area (Å²) in [7, 11) is -3.90. The highest BCUT2D eigenvalue weighted by Gasteiger charge is 2.23. The van der Waals surface area contributed by atoms with E-state index in [2.05, 4.69) is 10.0 Å². The Hall–Kier alpha value is -3.69. The largest absolute Gasteiger partial charge is 0.378 e. The van der Waals surface area contributed by atoms with E-state index in [0.717, 1.165) is 5.56 Å². The third-order valence-corrected chi connectivity index (χ3v) is 6.83. The van der Waals surface area contributed by atoms with Crippen LogP contribution in [0.5, 0.6) is 0 Å². The summed E-state index contributed by atoms with van der Waals surface area (Å²) in [5.74, 6) is -0.739. The lowest BCUT2D eigenvalue weighted by Gasteiger charge is -2.27. The van der Waals surface area contributed by atoms with E-state index < -0.39 is 15.9 Å². The van der Waals surface area contributed by atoms with Crippen LogP contribution in [0.25, 0.3) is 0 Å². The molecule has 0 aromatic heterocycles. The predicted octanol–water partition coefficient (Wildman–Crippen LogP) is 3.52. The standard InChI is InChI=1S/C25H25N3O5S/c1-18-10-12-19(13-11-18)34(31,32)27-23-9-5-2-6-20(23)24(29)26-22-8-4-3-7-21(22)25(30)28-14-16-33-17-15-28/h2-13,27H,14-17H2,1H3,(H,26,29).